The van der Waals surface area contributed by atoms with Crippen molar-refractivity contribution in [2.75, 3.05) is 0 Å². The first-order chi connectivity index (χ1) is 9.15. The van der Waals surface area contributed by atoms with E-state index < -0.39 is 0 Å². The molecular weight excluding hydrogens is 240 g/mol. The van der Waals surface area contributed by atoms with Crippen molar-refractivity contribution >= 4 is 5.91 Å². The molecule has 0 spiro atoms. The van der Waals surface area contributed by atoms with Crippen LogP contribution >= 0.6 is 0 Å². The van der Waals surface area contributed by atoms with Crippen molar-refractivity contribution in [3.05, 3.63) is 17.7 Å². The molecule has 19 heavy (non-hydrogen) atoms. The Morgan fingerprint density at radius 1 is 1.53 bits per heavy atom. The lowest BCUT2D eigenvalue weighted by Gasteiger charge is -2.27. The van der Waals surface area contributed by atoms with Crippen LogP contribution < -0.4 is 10.6 Å². The smallest absolute Gasteiger partial charge is 0.237 e. The molecule has 1 aliphatic heterocycles. The molecule has 3 N–H and O–H groups in total. The molecule has 0 saturated carbocycles. The Bertz CT molecular complexity index is 425. The molecule has 0 aromatic carbocycles. The van der Waals surface area contributed by atoms with E-state index in [1.54, 1.807) is 6.33 Å². The summed E-state index contributed by atoms with van der Waals surface area (Å²) in [6.07, 6.45) is 4.55. The molecular formula is C14H24N4O. The molecule has 1 amide bonds. The summed E-state index contributed by atoms with van der Waals surface area (Å²) >= 11 is 0. The molecule has 0 aliphatic carbocycles. The topological polar surface area (TPSA) is 69.8 Å². The van der Waals surface area contributed by atoms with E-state index in [0.717, 1.165) is 24.2 Å². The number of amides is 1. The second kappa shape index (κ2) is 6.19. The number of H-pyrrole nitrogens is 1. The number of aromatic amines is 1. The summed E-state index contributed by atoms with van der Waals surface area (Å²) < 4.78 is 0. The molecule has 2 atom stereocenters. The largest absolute Gasteiger partial charge is 0.352 e. The van der Waals surface area contributed by atoms with Crippen LogP contribution in [0.1, 0.15) is 45.0 Å². The minimum Gasteiger partial charge on any atom is -0.352 e. The van der Waals surface area contributed by atoms with Gasteiger partial charge in [0.25, 0.3) is 0 Å². The number of rotatable bonds is 5. The van der Waals surface area contributed by atoms with Gasteiger partial charge in [0.2, 0.25) is 5.91 Å². The van der Waals surface area contributed by atoms with Crippen molar-refractivity contribution in [1.29, 1.82) is 0 Å². The van der Waals surface area contributed by atoms with E-state index >= 15 is 0 Å². The van der Waals surface area contributed by atoms with Crippen molar-refractivity contribution in [2.24, 2.45) is 5.92 Å². The van der Waals surface area contributed by atoms with E-state index in [2.05, 4.69) is 41.4 Å². The molecule has 0 bridgehead atoms. The fourth-order valence-corrected chi connectivity index (χ4v) is 2.79. The normalized spacial score (nSPS) is 20.1. The van der Waals surface area contributed by atoms with Gasteiger partial charge in [-0.3, -0.25) is 10.1 Å². The zero-order chi connectivity index (χ0) is 13.8. The summed E-state index contributed by atoms with van der Waals surface area (Å²) in [6, 6.07) is 0.0671. The maximum Gasteiger partial charge on any atom is 0.237 e. The highest BCUT2D eigenvalue weighted by Crippen LogP contribution is 2.15. The Morgan fingerprint density at radius 3 is 2.95 bits per heavy atom. The third-order valence-electron chi connectivity index (χ3n) is 4.17. The maximum atomic E-state index is 12.3. The molecule has 5 nitrogen and oxygen atoms in total. The van der Waals surface area contributed by atoms with Crippen molar-refractivity contribution in [3.63, 3.8) is 0 Å². The average molecular weight is 264 g/mol. The first kappa shape index (κ1) is 14.1. The van der Waals surface area contributed by atoms with E-state index in [1.807, 2.05) is 0 Å². The lowest BCUT2D eigenvalue weighted by atomic mass is 9.95. The highest BCUT2D eigenvalue weighted by Gasteiger charge is 2.27. The number of nitrogens with zero attached hydrogens (tertiary/aromatic N) is 1. The summed E-state index contributed by atoms with van der Waals surface area (Å²) in [7, 11) is 0. The number of carbonyl (C=O) groups excluding carboxylic acids is 1. The second-order valence-electron chi connectivity index (χ2n) is 5.34. The standard InChI is InChI=1S/C14H24N4O/c1-4-10(5-2)9(3)18-14(19)12-6-11-13(7-15-12)17-8-16-11/h8-10,12,15H,4-7H2,1-3H3,(H,16,17)(H,18,19). The van der Waals surface area contributed by atoms with Gasteiger partial charge in [0.1, 0.15) is 0 Å². The summed E-state index contributed by atoms with van der Waals surface area (Å²) in [4.78, 5) is 19.6. The Morgan fingerprint density at radius 2 is 2.26 bits per heavy atom. The molecule has 1 aliphatic rings. The van der Waals surface area contributed by atoms with Crippen molar-refractivity contribution in [2.45, 2.75) is 58.7 Å². The Hall–Kier alpha value is -1.36. The van der Waals surface area contributed by atoms with Crippen LogP contribution in [0.15, 0.2) is 6.33 Å². The van der Waals surface area contributed by atoms with Crippen LogP contribution in [0.4, 0.5) is 0 Å². The SMILES string of the molecule is CCC(CC)C(C)NC(=O)C1Cc2nc[nH]c2CN1. The number of hydrogen-bond acceptors (Lipinski definition) is 3. The minimum atomic E-state index is -0.160. The van der Waals surface area contributed by atoms with Gasteiger partial charge in [-0.05, 0) is 12.8 Å². The average Bonchev–Trinajstić information content (AvgIpc) is 2.87. The van der Waals surface area contributed by atoms with Crippen LogP contribution in [-0.2, 0) is 17.8 Å². The number of nitrogens with one attached hydrogen (secondary N) is 3. The summed E-state index contributed by atoms with van der Waals surface area (Å²) in [6.45, 7) is 7.13. The monoisotopic (exact) mass is 264 g/mol. The van der Waals surface area contributed by atoms with Crippen LogP contribution in [0.5, 0.6) is 0 Å². The number of hydrogen-bond donors (Lipinski definition) is 3. The van der Waals surface area contributed by atoms with Gasteiger partial charge in [-0.1, -0.05) is 26.7 Å². The van der Waals surface area contributed by atoms with Crippen molar-refractivity contribution in [3.8, 4) is 0 Å². The highest BCUT2D eigenvalue weighted by molar-refractivity contribution is 5.82. The molecule has 2 heterocycles. The van der Waals surface area contributed by atoms with Crippen LogP contribution in [0, 0.1) is 5.92 Å². The fourth-order valence-electron chi connectivity index (χ4n) is 2.79. The first-order valence-corrected chi connectivity index (χ1v) is 7.20. The number of carbonyl (C=O) groups is 1. The predicted molar refractivity (Wildman–Crippen MR) is 74.6 cm³/mol. The third-order valence-corrected chi connectivity index (χ3v) is 4.17. The van der Waals surface area contributed by atoms with Gasteiger partial charge in [-0.25, -0.2) is 4.98 Å². The van der Waals surface area contributed by atoms with E-state index in [-0.39, 0.29) is 18.0 Å². The van der Waals surface area contributed by atoms with Crippen LogP contribution in [-0.4, -0.2) is 28.0 Å². The molecule has 106 valence electrons. The summed E-state index contributed by atoms with van der Waals surface area (Å²) in [5.41, 5.74) is 2.10. The first-order valence-electron chi connectivity index (χ1n) is 7.20. The lowest BCUT2D eigenvalue weighted by Crippen LogP contribution is -2.51. The molecule has 1 aromatic heterocycles. The number of aromatic nitrogens is 2. The Labute approximate surface area is 114 Å². The third kappa shape index (κ3) is 3.15. The minimum absolute atomic E-state index is 0.0908. The summed E-state index contributed by atoms with van der Waals surface area (Å²) in [5.74, 6) is 0.640. The van der Waals surface area contributed by atoms with Gasteiger partial charge in [-0.2, -0.15) is 0 Å². The van der Waals surface area contributed by atoms with Gasteiger partial charge in [0, 0.05) is 19.0 Å². The van der Waals surface area contributed by atoms with Gasteiger partial charge in [0.15, 0.2) is 0 Å². The van der Waals surface area contributed by atoms with Gasteiger partial charge in [-0.15, -0.1) is 0 Å². The predicted octanol–water partition coefficient (Wildman–Crippen LogP) is 1.36. The lowest BCUT2D eigenvalue weighted by molar-refractivity contribution is -0.124. The van der Waals surface area contributed by atoms with Crippen molar-refractivity contribution in [1.82, 2.24) is 20.6 Å². The van der Waals surface area contributed by atoms with E-state index in [9.17, 15) is 4.79 Å². The van der Waals surface area contributed by atoms with E-state index in [1.165, 1.54) is 0 Å². The maximum absolute atomic E-state index is 12.3. The zero-order valence-corrected chi connectivity index (χ0v) is 12.0. The van der Waals surface area contributed by atoms with E-state index in [4.69, 9.17) is 0 Å². The number of imidazole rings is 1. The molecule has 0 radical (unpaired) electrons. The zero-order valence-electron chi connectivity index (χ0n) is 12.0. The van der Waals surface area contributed by atoms with Crippen LogP contribution in [0.25, 0.3) is 0 Å². The molecule has 0 saturated heterocycles. The Kier molecular flexibility index (Phi) is 4.58. The molecule has 1 aromatic rings. The number of fused-ring (bicyclic) bond motifs is 1. The second-order valence-corrected chi connectivity index (χ2v) is 5.34. The van der Waals surface area contributed by atoms with Crippen LogP contribution in [0.3, 0.4) is 0 Å². The van der Waals surface area contributed by atoms with Crippen molar-refractivity contribution < 1.29 is 4.79 Å². The van der Waals surface area contributed by atoms with Gasteiger partial charge >= 0.3 is 0 Å². The molecule has 2 unspecified atom stereocenters. The van der Waals surface area contributed by atoms with Gasteiger partial charge in [0.05, 0.1) is 23.8 Å². The Balaban J connectivity index is 1.91. The van der Waals surface area contributed by atoms with Gasteiger partial charge < -0.3 is 10.3 Å². The molecule has 5 heteroatoms. The highest BCUT2D eigenvalue weighted by atomic mass is 16.2. The summed E-state index contributed by atoms with van der Waals surface area (Å²) in [5, 5.41) is 6.39. The van der Waals surface area contributed by atoms with E-state index in [0.29, 0.717) is 18.9 Å². The molecule has 2 rings (SSSR count). The van der Waals surface area contributed by atoms with Crippen LogP contribution in [0.2, 0.25) is 0 Å². The molecule has 0 fully saturated rings. The fraction of sp³-hybridized carbons (Fsp3) is 0.714. The quantitative estimate of drug-likeness (QED) is 0.752.